The molecule has 0 atom stereocenters. The van der Waals surface area contributed by atoms with Crippen LogP contribution in [0.25, 0.3) is 0 Å². The first-order chi connectivity index (χ1) is 11.7. The fourth-order valence-electron chi connectivity index (χ4n) is 2.92. The first-order valence-electron chi connectivity index (χ1n) is 8.41. The SMILES string of the molecule is O=C(NCCc1ccccc1)c1ccc(CN2CCCC2=O)cc1. The van der Waals surface area contributed by atoms with Crippen molar-refractivity contribution in [1.82, 2.24) is 10.2 Å². The summed E-state index contributed by atoms with van der Waals surface area (Å²) in [5.41, 5.74) is 2.93. The van der Waals surface area contributed by atoms with Crippen molar-refractivity contribution < 1.29 is 9.59 Å². The van der Waals surface area contributed by atoms with Crippen LogP contribution >= 0.6 is 0 Å². The fraction of sp³-hybridized carbons (Fsp3) is 0.300. The Labute approximate surface area is 142 Å². The highest BCUT2D eigenvalue weighted by Gasteiger charge is 2.19. The summed E-state index contributed by atoms with van der Waals surface area (Å²) in [7, 11) is 0. The molecule has 1 N–H and O–H groups in total. The van der Waals surface area contributed by atoms with Crippen molar-refractivity contribution in [2.75, 3.05) is 13.1 Å². The molecular formula is C20H22N2O2. The van der Waals surface area contributed by atoms with E-state index in [0.717, 1.165) is 24.9 Å². The average molecular weight is 322 g/mol. The molecule has 2 aromatic rings. The average Bonchev–Trinajstić information content (AvgIpc) is 3.01. The Morgan fingerprint density at radius 1 is 1.00 bits per heavy atom. The molecule has 0 saturated carbocycles. The summed E-state index contributed by atoms with van der Waals surface area (Å²) in [6, 6.07) is 17.6. The molecule has 4 heteroatoms. The number of rotatable bonds is 6. The van der Waals surface area contributed by atoms with Crippen LogP contribution in [-0.2, 0) is 17.8 Å². The zero-order chi connectivity index (χ0) is 16.8. The first kappa shape index (κ1) is 16.2. The Morgan fingerprint density at radius 3 is 2.42 bits per heavy atom. The third-order valence-electron chi connectivity index (χ3n) is 4.30. The highest BCUT2D eigenvalue weighted by Crippen LogP contribution is 2.14. The third kappa shape index (κ3) is 4.22. The Kier molecular flexibility index (Phi) is 5.26. The molecule has 0 bridgehead atoms. The van der Waals surface area contributed by atoms with Gasteiger partial charge in [-0.15, -0.1) is 0 Å². The minimum absolute atomic E-state index is 0.0604. The summed E-state index contributed by atoms with van der Waals surface area (Å²) < 4.78 is 0. The molecule has 2 amide bonds. The van der Waals surface area contributed by atoms with Gasteiger partial charge in [0.1, 0.15) is 0 Å². The second-order valence-corrected chi connectivity index (χ2v) is 6.11. The standard InChI is InChI=1S/C20H22N2O2/c23-19-7-4-14-22(19)15-17-8-10-18(11-9-17)20(24)21-13-12-16-5-2-1-3-6-16/h1-3,5-6,8-11H,4,7,12-15H2,(H,21,24). The van der Waals surface area contributed by atoms with E-state index in [4.69, 9.17) is 0 Å². The maximum atomic E-state index is 12.2. The molecule has 2 aromatic carbocycles. The van der Waals surface area contributed by atoms with Gasteiger partial charge in [0.15, 0.2) is 0 Å². The van der Waals surface area contributed by atoms with E-state index in [1.54, 1.807) is 0 Å². The lowest BCUT2D eigenvalue weighted by Gasteiger charge is -2.15. The zero-order valence-electron chi connectivity index (χ0n) is 13.7. The lowest BCUT2D eigenvalue weighted by atomic mass is 10.1. The van der Waals surface area contributed by atoms with Crippen molar-refractivity contribution in [1.29, 1.82) is 0 Å². The minimum Gasteiger partial charge on any atom is -0.352 e. The van der Waals surface area contributed by atoms with Crippen molar-refractivity contribution >= 4 is 11.8 Å². The summed E-state index contributed by atoms with van der Waals surface area (Å²) in [6.45, 7) is 2.09. The van der Waals surface area contributed by atoms with Gasteiger partial charge in [-0.1, -0.05) is 42.5 Å². The number of hydrogen-bond acceptors (Lipinski definition) is 2. The van der Waals surface area contributed by atoms with E-state index in [1.807, 2.05) is 47.4 Å². The number of nitrogens with one attached hydrogen (secondary N) is 1. The molecule has 0 aromatic heterocycles. The van der Waals surface area contributed by atoms with E-state index in [1.165, 1.54) is 5.56 Å². The van der Waals surface area contributed by atoms with Crippen LogP contribution in [0.5, 0.6) is 0 Å². The number of hydrogen-bond donors (Lipinski definition) is 1. The van der Waals surface area contributed by atoms with E-state index in [2.05, 4.69) is 17.4 Å². The van der Waals surface area contributed by atoms with Crippen molar-refractivity contribution in [3.8, 4) is 0 Å². The second-order valence-electron chi connectivity index (χ2n) is 6.11. The molecule has 3 rings (SSSR count). The van der Waals surface area contributed by atoms with Crippen LogP contribution in [0, 0.1) is 0 Å². The van der Waals surface area contributed by atoms with Crippen LogP contribution in [0.2, 0.25) is 0 Å². The largest absolute Gasteiger partial charge is 0.352 e. The molecule has 0 spiro atoms. The Balaban J connectivity index is 1.49. The van der Waals surface area contributed by atoms with E-state index < -0.39 is 0 Å². The van der Waals surface area contributed by atoms with Crippen molar-refractivity contribution in [2.45, 2.75) is 25.8 Å². The van der Waals surface area contributed by atoms with Crippen molar-refractivity contribution in [3.05, 3.63) is 71.3 Å². The fourth-order valence-corrected chi connectivity index (χ4v) is 2.92. The highest BCUT2D eigenvalue weighted by atomic mass is 16.2. The van der Waals surface area contributed by atoms with E-state index in [0.29, 0.717) is 25.1 Å². The van der Waals surface area contributed by atoms with Gasteiger partial charge in [-0.2, -0.15) is 0 Å². The van der Waals surface area contributed by atoms with Gasteiger partial charge in [0.2, 0.25) is 5.91 Å². The van der Waals surface area contributed by atoms with Gasteiger partial charge in [0.25, 0.3) is 5.91 Å². The lowest BCUT2D eigenvalue weighted by molar-refractivity contribution is -0.128. The first-order valence-corrected chi connectivity index (χ1v) is 8.41. The molecule has 124 valence electrons. The normalized spacial score (nSPS) is 14.0. The van der Waals surface area contributed by atoms with Crippen LogP contribution < -0.4 is 5.32 Å². The molecular weight excluding hydrogens is 300 g/mol. The molecule has 1 heterocycles. The summed E-state index contributed by atoms with van der Waals surface area (Å²) in [5.74, 6) is 0.160. The Bertz CT molecular complexity index is 695. The van der Waals surface area contributed by atoms with Gasteiger partial charge >= 0.3 is 0 Å². The number of benzene rings is 2. The van der Waals surface area contributed by atoms with Crippen LogP contribution in [0.3, 0.4) is 0 Å². The monoisotopic (exact) mass is 322 g/mol. The molecule has 1 saturated heterocycles. The maximum absolute atomic E-state index is 12.2. The number of likely N-dealkylation sites (tertiary alicyclic amines) is 1. The van der Waals surface area contributed by atoms with Gasteiger partial charge in [0.05, 0.1) is 0 Å². The summed E-state index contributed by atoms with van der Waals surface area (Å²) in [4.78, 5) is 25.7. The van der Waals surface area contributed by atoms with Gasteiger partial charge in [0, 0.05) is 31.6 Å². The predicted octanol–water partition coefficient (Wildman–Crippen LogP) is 2.78. The number of nitrogens with zero attached hydrogens (tertiary/aromatic N) is 1. The van der Waals surface area contributed by atoms with Crippen LogP contribution in [0.15, 0.2) is 54.6 Å². The highest BCUT2D eigenvalue weighted by molar-refractivity contribution is 5.94. The molecule has 4 nitrogen and oxygen atoms in total. The molecule has 1 aliphatic heterocycles. The number of amides is 2. The van der Waals surface area contributed by atoms with Crippen molar-refractivity contribution in [2.24, 2.45) is 0 Å². The smallest absolute Gasteiger partial charge is 0.251 e. The quantitative estimate of drug-likeness (QED) is 0.889. The predicted molar refractivity (Wildman–Crippen MR) is 93.6 cm³/mol. The third-order valence-corrected chi connectivity index (χ3v) is 4.30. The molecule has 0 aliphatic carbocycles. The van der Waals surface area contributed by atoms with Crippen molar-refractivity contribution in [3.63, 3.8) is 0 Å². The summed E-state index contributed by atoms with van der Waals surface area (Å²) in [5, 5.41) is 2.94. The number of carbonyl (C=O) groups is 2. The molecule has 1 fully saturated rings. The number of carbonyl (C=O) groups excluding carboxylic acids is 2. The molecule has 0 radical (unpaired) electrons. The summed E-state index contributed by atoms with van der Waals surface area (Å²) in [6.07, 6.45) is 2.42. The van der Waals surface area contributed by atoms with Crippen LogP contribution in [-0.4, -0.2) is 29.8 Å². The van der Waals surface area contributed by atoms with E-state index >= 15 is 0 Å². The van der Waals surface area contributed by atoms with Crippen LogP contribution in [0.1, 0.15) is 34.3 Å². The molecule has 1 aliphatic rings. The zero-order valence-corrected chi connectivity index (χ0v) is 13.7. The van der Waals surface area contributed by atoms with E-state index in [-0.39, 0.29) is 11.8 Å². The second kappa shape index (κ2) is 7.77. The van der Waals surface area contributed by atoms with Gasteiger partial charge < -0.3 is 10.2 Å². The van der Waals surface area contributed by atoms with Gasteiger partial charge in [-0.3, -0.25) is 9.59 Å². The maximum Gasteiger partial charge on any atom is 0.251 e. The minimum atomic E-state index is -0.0604. The van der Waals surface area contributed by atoms with E-state index in [9.17, 15) is 9.59 Å². The lowest BCUT2D eigenvalue weighted by Crippen LogP contribution is -2.26. The van der Waals surface area contributed by atoms with Crippen LogP contribution in [0.4, 0.5) is 0 Å². The van der Waals surface area contributed by atoms with Gasteiger partial charge in [-0.05, 0) is 36.1 Å². The Hall–Kier alpha value is -2.62. The summed E-state index contributed by atoms with van der Waals surface area (Å²) >= 11 is 0. The molecule has 24 heavy (non-hydrogen) atoms. The molecule has 0 unspecified atom stereocenters. The van der Waals surface area contributed by atoms with Gasteiger partial charge in [-0.25, -0.2) is 0 Å². The Morgan fingerprint density at radius 2 is 1.75 bits per heavy atom. The topological polar surface area (TPSA) is 49.4 Å².